The molecule has 1 heterocycles. The number of methoxy groups -OCH3 is 1. The van der Waals surface area contributed by atoms with E-state index in [1.807, 2.05) is 0 Å². The summed E-state index contributed by atoms with van der Waals surface area (Å²) in [5.74, 6) is 0.481. The predicted molar refractivity (Wildman–Crippen MR) is 87.2 cm³/mol. The molecule has 132 valence electrons. The Hall–Kier alpha value is -1.71. The van der Waals surface area contributed by atoms with Crippen molar-refractivity contribution >= 4 is 15.7 Å². The van der Waals surface area contributed by atoms with Crippen LogP contribution in [0.15, 0.2) is 23.1 Å². The zero-order valence-corrected chi connectivity index (χ0v) is 14.2. The van der Waals surface area contributed by atoms with E-state index in [1.165, 1.54) is 23.5 Å². The molecule has 2 N–H and O–H groups in total. The molecule has 0 bridgehead atoms. The number of hydrogen-bond acceptors (Lipinski definition) is 6. The van der Waals surface area contributed by atoms with Crippen molar-refractivity contribution in [3.63, 3.8) is 0 Å². The molecular weight excluding hydrogens is 334 g/mol. The van der Waals surface area contributed by atoms with Gasteiger partial charge < -0.3 is 10.5 Å². The number of ether oxygens (including phenoxy) is 1. The fourth-order valence-corrected chi connectivity index (χ4v) is 5.35. The maximum atomic E-state index is 12.9. The zero-order valence-electron chi connectivity index (χ0n) is 13.4. The van der Waals surface area contributed by atoms with Gasteiger partial charge >= 0.3 is 5.69 Å². The number of nitrogens with two attached hydrogens (primary N) is 1. The van der Waals surface area contributed by atoms with E-state index in [4.69, 9.17) is 10.5 Å². The number of rotatable bonds is 4. The lowest BCUT2D eigenvalue weighted by Crippen LogP contribution is -2.38. The van der Waals surface area contributed by atoms with Crippen LogP contribution in [-0.2, 0) is 10.0 Å². The molecule has 1 saturated heterocycles. The molecule has 0 radical (unpaired) electrons. The van der Waals surface area contributed by atoms with Crippen LogP contribution in [0.1, 0.15) is 19.3 Å². The number of fused-ring (bicyclic) bond motifs is 1. The van der Waals surface area contributed by atoms with Crippen LogP contribution in [0.3, 0.4) is 0 Å². The molecule has 8 nitrogen and oxygen atoms in total. The monoisotopic (exact) mass is 355 g/mol. The van der Waals surface area contributed by atoms with Crippen LogP contribution in [0.25, 0.3) is 0 Å². The highest BCUT2D eigenvalue weighted by Gasteiger charge is 2.43. The van der Waals surface area contributed by atoms with E-state index in [0.717, 1.165) is 25.3 Å². The van der Waals surface area contributed by atoms with Crippen molar-refractivity contribution in [2.45, 2.75) is 30.2 Å². The molecule has 1 aromatic carbocycles. The summed E-state index contributed by atoms with van der Waals surface area (Å²) in [5.41, 5.74) is 5.78. The molecule has 2 aliphatic rings. The second-order valence-corrected chi connectivity index (χ2v) is 8.37. The Balaban J connectivity index is 1.91. The average molecular weight is 355 g/mol. The van der Waals surface area contributed by atoms with Gasteiger partial charge in [0.05, 0.1) is 16.9 Å². The van der Waals surface area contributed by atoms with Crippen molar-refractivity contribution < 1.29 is 18.1 Å². The van der Waals surface area contributed by atoms with Crippen molar-refractivity contribution in [1.29, 1.82) is 0 Å². The van der Waals surface area contributed by atoms with Crippen LogP contribution in [0.2, 0.25) is 0 Å². The Morgan fingerprint density at radius 1 is 1.33 bits per heavy atom. The highest BCUT2D eigenvalue weighted by molar-refractivity contribution is 7.89. The molecule has 3 atom stereocenters. The summed E-state index contributed by atoms with van der Waals surface area (Å²) >= 11 is 0. The molecule has 2 fully saturated rings. The second kappa shape index (κ2) is 6.30. The predicted octanol–water partition coefficient (Wildman–Crippen LogP) is 1.35. The molecule has 1 aliphatic heterocycles. The summed E-state index contributed by atoms with van der Waals surface area (Å²) in [7, 11) is -2.48. The summed E-state index contributed by atoms with van der Waals surface area (Å²) in [6, 6.07) is 3.76. The van der Waals surface area contributed by atoms with E-state index in [2.05, 4.69) is 0 Å². The smallest absolute Gasteiger partial charge is 0.312 e. The third kappa shape index (κ3) is 2.87. The maximum Gasteiger partial charge on any atom is 0.312 e. The normalized spacial score (nSPS) is 27.7. The molecule has 3 rings (SSSR count). The number of hydrogen-bond donors (Lipinski definition) is 1. The lowest BCUT2D eigenvalue weighted by Gasteiger charge is -2.29. The third-order valence-electron chi connectivity index (χ3n) is 5.11. The minimum atomic E-state index is -3.78. The van der Waals surface area contributed by atoms with Gasteiger partial charge in [0, 0.05) is 25.2 Å². The van der Waals surface area contributed by atoms with Crippen molar-refractivity contribution in [1.82, 2.24) is 4.31 Å². The van der Waals surface area contributed by atoms with E-state index < -0.39 is 14.9 Å². The van der Waals surface area contributed by atoms with Gasteiger partial charge in [-0.1, -0.05) is 6.42 Å². The first kappa shape index (κ1) is 17.1. The molecule has 24 heavy (non-hydrogen) atoms. The molecule has 0 amide bonds. The van der Waals surface area contributed by atoms with Crippen LogP contribution in [0, 0.1) is 22.0 Å². The first-order chi connectivity index (χ1) is 11.3. The van der Waals surface area contributed by atoms with Gasteiger partial charge in [0.2, 0.25) is 10.0 Å². The lowest BCUT2D eigenvalue weighted by molar-refractivity contribution is -0.386. The summed E-state index contributed by atoms with van der Waals surface area (Å²) < 4.78 is 32.1. The van der Waals surface area contributed by atoms with Gasteiger partial charge in [0.15, 0.2) is 5.75 Å². The van der Waals surface area contributed by atoms with Gasteiger partial charge in [-0.2, -0.15) is 4.31 Å². The first-order valence-corrected chi connectivity index (χ1v) is 9.36. The van der Waals surface area contributed by atoms with E-state index in [1.54, 1.807) is 0 Å². The average Bonchev–Trinajstić information content (AvgIpc) is 3.00. The largest absolute Gasteiger partial charge is 0.490 e. The Morgan fingerprint density at radius 2 is 2.08 bits per heavy atom. The SMILES string of the molecule is COc1ccc(S(=O)(=O)N2CC3CCCC(N)C3C2)cc1[N+](=O)[O-]. The number of nitro groups is 1. The Labute approximate surface area is 140 Å². The van der Waals surface area contributed by atoms with E-state index in [-0.39, 0.29) is 34.2 Å². The number of nitrogens with zero attached hydrogens (tertiary/aromatic N) is 2. The maximum absolute atomic E-state index is 12.9. The molecular formula is C15H21N3O5S. The minimum absolute atomic E-state index is 0.0224. The van der Waals surface area contributed by atoms with Crippen LogP contribution < -0.4 is 10.5 Å². The molecule has 1 aliphatic carbocycles. The van der Waals surface area contributed by atoms with E-state index in [9.17, 15) is 18.5 Å². The highest BCUT2D eigenvalue weighted by Crippen LogP contribution is 2.38. The van der Waals surface area contributed by atoms with Crippen LogP contribution in [0.4, 0.5) is 5.69 Å². The Kier molecular flexibility index (Phi) is 4.50. The summed E-state index contributed by atoms with van der Waals surface area (Å²) in [6.45, 7) is 0.814. The van der Waals surface area contributed by atoms with Crippen LogP contribution in [-0.4, -0.2) is 43.9 Å². The van der Waals surface area contributed by atoms with Crippen LogP contribution >= 0.6 is 0 Å². The van der Waals surface area contributed by atoms with Gasteiger partial charge in [-0.15, -0.1) is 0 Å². The number of benzene rings is 1. The zero-order chi connectivity index (χ0) is 17.5. The topological polar surface area (TPSA) is 116 Å². The quantitative estimate of drug-likeness (QED) is 0.644. The van der Waals surface area contributed by atoms with Crippen molar-refractivity contribution in [2.75, 3.05) is 20.2 Å². The van der Waals surface area contributed by atoms with Gasteiger partial charge in [0.25, 0.3) is 0 Å². The second-order valence-electron chi connectivity index (χ2n) is 6.43. The van der Waals surface area contributed by atoms with Gasteiger partial charge in [-0.3, -0.25) is 10.1 Å². The molecule has 3 unspecified atom stereocenters. The van der Waals surface area contributed by atoms with Gasteiger partial charge in [0.1, 0.15) is 0 Å². The van der Waals surface area contributed by atoms with Crippen LogP contribution in [0.5, 0.6) is 5.75 Å². The number of sulfonamides is 1. The van der Waals surface area contributed by atoms with Crippen molar-refractivity contribution in [2.24, 2.45) is 17.6 Å². The summed E-state index contributed by atoms with van der Waals surface area (Å²) in [6.07, 6.45) is 2.92. The molecule has 0 aromatic heterocycles. The summed E-state index contributed by atoms with van der Waals surface area (Å²) in [4.78, 5) is 10.4. The Morgan fingerprint density at radius 3 is 2.71 bits per heavy atom. The standard InChI is InChI=1S/C15H21N3O5S/c1-23-15-6-5-11(7-14(15)18(19)20)24(21,22)17-8-10-3-2-4-13(16)12(10)9-17/h5-7,10,12-13H,2-4,8-9,16H2,1H3. The third-order valence-corrected chi connectivity index (χ3v) is 6.93. The van der Waals surface area contributed by atoms with Crippen molar-refractivity contribution in [3.8, 4) is 5.75 Å². The fraction of sp³-hybridized carbons (Fsp3) is 0.600. The fourth-order valence-electron chi connectivity index (χ4n) is 3.79. The summed E-state index contributed by atoms with van der Waals surface area (Å²) in [5, 5.41) is 11.1. The Bertz CT molecular complexity index is 751. The molecule has 9 heteroatoms. The molecule has 1 aromatic rings. The molecule has 0 spiro atoms. The highest BCUT2D eigenvalue weighted by atomic mass is 32.2. The first-order valence-electron chi connectivity index (χ1n) is 7.92. The number of nitro benzene ring substituents is 1. The van der Waals surface area contributed by atoms with E-state index in [0.29, 0.717) is 13.1 Å². The van der Waals surface area contributed by atoms with Gasteiger partial charge in [-0.05, 0) is 36.8 Å². The van der Waals surface area contributed by atoms with Crippen molar-refractivity contribution in [3.05, 3.63) is 28.3 Å². The van der Waals surface area contributed by atoms with Gasteiger partial charge in [-0.25, -0.2) is 8.42 Å². The minimum Gasteiger partial charge on any atom is -0.490 e. The van der Waals surface area contributed by atoms with E-state index >= 15 is 0 Å². The lowest BCUT2D eigenvalue weighted by atomic mass is 9.78. The molecule has 1 saturated carbocycles.